The molecule has 0 spiro atoms. The SMILES string of the molecule is CN(CCNCC(O)c1cc(C(F)(F)F)nc2c(C(F)(F)F)cccc12)C1CCCC1. The number of fused-ring (bicyclic) bond motifs is 1. The minimum atomic E-state index is -4.95. The summed E-state index contributed by atoms with van der Waals surface area (Å²) in [6.45, 7) is 1.10. The molecule has 1 aromatic carbocycles. The number of halogens is 6. The van der Waals surface area contributed by atoms with Crippen molar-refractivity contribution in [3.8, 4) is 0 Å². The van der Waals surface area contributed by atoms with Crippen LogP contribution in [0, 0.1) is 0 Å². The second-order valence-corrected chi connectivity index (χ2v) is 7.93. The number of aliphatic hydroxyl groups excluding tert-OH is 1. The van der Waals surface area contributed by atoms with Crippen molar-refractivity contribution in [1.29, 1.82) is 0 Å². The first-order valence-electron chi connectivity index (χ1n) is 10.2. The highest BCUT2D eigenvalue weighted by Crippen LogP contribution is 2.38. The largest absolute Gasteiger partial charge is 0.433 e. The van der Waals surface area contributed by atoms with E-state index >= 15 is 0 Å². The van der Waals surface area contributed by atoms with Crippen molar-refractivity contribution in [2.24, 2.45) is 0 Å². The van der Waals surface area contributed by atoms with Gasteiger partial charge in [0.25, 0.3) is 0 Å². The van der Waals surface area contributed by atoms with Crippen LogP contribution in [0.25, 0.3) is 10.9 Å². The first kappa shape index (κ1) is 23.7. The highest BCUT2D eigenvalue weighted by Gasteiger charge is 2.38. The normalized spacial score (nSPS) is 17.1. The van der Waals surface area contributed by atoms with Gasteiger partial charge >= 0.3 is 12.4 Å². The van der Waals surface area contributed by atoms with Crippen LogP contribution in [0.4, 0.5) is 26.3 Å². The van der Waals surface area contributed by atoms with Gasteiger partial charge in [0.15, 0.2) is 0 Å². The zero-order chi connectivity index (χ0) is 22.8. The van der Waals surface area contributed by atoms with Crippen molar-refractivity contribution in [2.75, 3.05) is 26.7 Å². The van der Waals surface area contributed by atoms with Gasteiger partial charge < -0.3 is 15.3 Å². The van der Waals surface area contributed by atoms with Crippen molar-refractivity contribution >= 4 is 10.9 Å². The number of para-hydroxylation sites is 1. The zero-order valence-corrected chi connectivity index (χ0v) is 17.0. The Balaban J connectivity index is 1.81. The van der Waals surface area contributed by atoms with Crippen LogP contribution in [0.15, 0.2) is 24.3 Å². The summed E-state index contributed by atoms with van der Waals surface area (Å²) < 4.78 is 79.8. The first-order chi connectivity index (χ1) is 14.5. The Kier molecular flexibility index (Phi) is 7.12. The summed E-state index contributed by atoms with van der Waals surface area (Å²) in [5.74, 6) is 0. The highest BCUT2D eigenvalue weighted by molar-refractivity contribution is 5.86. The number of benzene rings is 1. The average molecular weight is 449 g/mol. The van der Waals surface area contributed by atoms with E-state index in [1.54, 1.807) is 0 Å². The van der Waals surface area contributed by atoms with Crippen LogP contribution in [-0.2, 0) is 12.4 Å². The molecule has 0 aliphatic heterocycles. The molecule has 0 amide bonds. The van der Waals surface area contributed by atoms with Gasteiger partial charge in [-0.15, -0.1) is 0 Å². The molecule has 3 rings (SSSR count). The van der Waals surface area contributed by atoms with E-state index in [0.717, 1.165) is 18.9 Å². The standard InChI is InChI=1S/C21H25F6N3O/c1-30(13-5-2-3-6-13)10-9-28-12-17(31)15-11-18(21(25,26)27)29-19-14(15)7-4-8-16(19)20(22,23)24/h4,7-8,11,13,17,28,31H,2-3,5-6,9-10,12H2,1H3. The first-order valence-corrected chi connectivity index (χ1v) is 10.2. The van der Waals surface area contributed by atoms with Crippen molar-refractivity contribution in [1.82, 2.24) is 15.2 Å². The molecule has 1 unspecified atom stereocenters. The number of likely N-dealkylation sites (N-methyl/N-ethyl adjacent to an activating group) is 1. The number of nitrogens with one attached hydrogen (secondary N) is 1. The lowest BCUT2D eigenvalue weighted by Crippen LogP contribution is -2.36. The summed E-state index contributed by atoms with van der Waals surface area (Å²) in [5.41, 5.74) is -3.79. The van der Waals surface area contributed by atoms with Gasteiger partial charge in [0, 0.05) is 31.1 Å². The molecule has 0 bridgehead atoms. The summed E-state index contributed by atoms with van der Waals surface area (Å²) in [6.07, 6.45) is -6.60. The Labute approximate surface area is 176 Å². The van der Waals surface area contributed by atoms with E-state index in [9.17, 15) is 31.4 Å². The molecule has 1 aromatic heterocycles. The summed E-state index contributed by atoms with van der Waals surface area (Å²) in [4.78, 5) is 5.44. The van der Waals surface area contributed by atoms with Crippen molar-refractivity contribution in [3.05, 3.63) is 41.1 Å². The summed E-state index contributed by atoms with van der Waals surface area (Å²) >= 11 is 0. The molecule has 2 aromatic rings. The third-order valence-corrected chi connectivity index (χ3v) is 5.75. The lowest BCUT2D eigenvalue weighted by Gasteiger charge is -2.24. The second kappa shape index (κ2) is 9.30. The quantitative estimate of drug-likeness (QED) is 0.472. The number of hydrogen-bond acceptors (Lipinski definition) is 4. The number of aromatic nitrogens is 1. The molecule has 0 saturated heterocycles. The number of nitrogens with zero attached hydrogens (tertiary/aromatic N) is 2. The number of alkyl halides is 6. The van der Waals surface area contributed by atoms with Gasteiger partial charge in [0.1, 0.15) is 5.69 Å². The van der Waals surface area contributed by atoms with Crippen molar-refractivity contribution in [2.45, 2.75) is 50.2 Å². The molecule has 1 aliphatic carbocycles. The van der Waals surface area contributed by atoms with Crippen LogP contribution in [0.1, 0.15) is 48.6 Å². The Hall–Kier alpha value is -1.91. The fourth-order valence-corrected chi connectivity index (χ4v) is 4.06. The zero-order valence-electron chi connectivity index (χ0n) is 17.0. The summed E-state index contributed by atoms with van der Waals surface area (Å²) in [6, 6.07) is 4.15. The fourth-order valence-electron chi connectivity index (χ4n) is 4.06. The van der Waals surface area contributed by atoms with Crippen LogP contribution in [0.5, 0.6) is 0 Å². The monoisotopic (exact) mass is 449 g/mol. The lowest BCUT2D eigenvalue weighted by atomic mass is 9.99. The van der Waals surface area contributed by atoms with E-state index in [2.05, 4.69) is 15.2 Å². The van der Waals surface area contributed by atoms with Gasteiger partial charge in [0.2, 0.25) is 0 Å². The third kappa shape index (κ3) is 5.67. The molecule has 31 heavy (non-hydrogen) atoms. The van der Waals surface area contributed by atoms with E-state index in [-0.39, 0.29) is 17.5 Å². The molecule has 1 fully saturated rings. The highest BCUT2D eigenvalue weighted by atomic mass is 19.4. The maximum absolute atomic E-state index is 13.3. The van der Waals surface area contributed by atoms with Gasteiger partial charge in [0.05, 0.1) is 17.2 Å². The van der Waals surface area contributed by atoms with Gasteiger partial charge in [-0.3, -0.25) is 0 Å². The van der Waals surface area contributed by atoms with Crippen LogP contribution < -0.4 is 5.32 Å². The minimum Gasteiger partial charge on any atom is -0.387 e. The smallest absolute Gasteiger partial charge is 0.387 e. The lowest BCUT2D eigenvalue weighted by molar-refractivity contribution is -0.142. The van der Waals surface area contributed by atoms with Crippen molar-refractivity contribution < 1.29 is 31.4 Å². The Morgan fingerprint density at radius 3 is 2.42 bits per heavy atom. The molecule has 1 aliphatic rings. The molecule has 1 heterocycles. The number of pyridine rings is 1. The molecule has 172 valence electrons. The minimum absolute atomic E-state index is 0.0921. The van der Waals surface area contributed by atoms with Crippen molar-refractivity contribution in [3.63, 3.8) is 0 Å². The summed E-state index contributed by atoms with van der Waals surface area (Å²) in [7, 11) is 2.00. The number of rotatable bonds is 7. The molecule has 10 heteroatoms. The van der Waals surface area contributed by atoms with E-state index in [1.165, 1.54) is 18.9 Å². The van der Waals surface area contributed by atoms with Crippen LogP contribution in [-0.4, -0.2) is 47.7 Å². The van der Waals surface area contributed by atoms with E-state index in [0.29, 0.717) is 31.3 Å². The molecule has 4 nitrogen and oxygen atoms in total. The Morgan fingerprint density at radius 2 is 1.81 bits per heavy atom. The topological polar surface area (TPSA) is 48.4 Å². The second-order valence-electron chi connectivity index (χ2n) is 7.93. The molecule has 0 radical (unpaired) electrons. The molecule has 1 atom stereocenters. The maximum atomic E-state index is 13.3. The Bertz CT molecular complexity index is 893. The predicted molar refractivity (Wildman–Crippen MR) is 104 cm³/mol. The predicted octanol–water partition coefficient (Wildman–Crippen LogP) is 4.77. The van der Waals surface area contributed by atoms with Gasteiger partial charge in [-0.25, -0.2) is 4.98 Å². The van der Waals surface area contributed by atoms with Gasteiger partial charge in [-0.1, -0.05) is 25.0 Å². The molecular formula is C21H25F6N3O. The average Bonchev–Trinajstić information content (AvgIpc) is 3.23. The summed E-state index contributed by atoms with van der Waals surface area (Å²) in [5, 5.41) is 13.4. The maximum Gasteiger partial charge on any atom is 0.433 e. The van der Waals surface area contributed by atoms with Gasteiger partial charge in [-0.05, 0) is 37.6 Å². The molecular weight excluding hydrogens is 424 g/mol. The van der Waals surface area contributed by atoms with E-state index < -0.39 is 35.2 Å². The molecule has 2 N–H and O–H groups in total. The fraction of sp³-hybridized carbons (Fsp3) is 0.571. The van der Waals surface area contributed by atoms with Crippen LogP contribution in [0.2, 0.25) is 0 Å². The van der Waals surface area contributed by atoms with Crippen LogP contribution in [0.3, 0.4) is 0 Å². The van der Waals surface area contributed by atoms with Gasteiger partial charge in [-0.2, -0.15) is 26.3 Å². The number of aliphatic hydroxyl groups is 1. The Morgan fingerprint density at radius 1 is 1.13 bits per heavy atom. The van der Waals surface area contributed by atoms with E-state index in [4.69, 9.17) is 0 Å². The van der Waals surface area contributed by atoms with E-state index in [1.807, 2.05) is 7.05 Å². The van der Waals surface area contributed by atoms with Crippen LogP contribution >= 0.6 is 0 Å². The third-order valence-electron chi connectivity index (χ3n) is 5.75. The number of hydrogen-bond donors (Lipinski definition) is 2. The molecule has 1 saturated carbocycles.